The molecule has 2 rings (SSSR count). The third-order valence-corrected chi connectivity index (χ3v) is 3.84. The summed E-state index contributed by atoms with van der Waals surface area (Å²) in [6.07, 6.45) is 0. The SMILES string of the molecule is C[C@@H](NC(=O)COC(=O)c1cccc(C#N)c1)c1ccc(Br)cc1. The van der Waals surface area contributed by atoms with E-state index in [4.69, 9.17) is 10.00 Å². The third kappa shape index (κ3) is 4.93. The quantitative estimate of drug-likeness (QED) is 0.798. The molecule has 2 aromatic rings. The molecule has 2 aromatic carbocycles. The predicted molar refractivity (Wildman–Crippen MR) is 92.1 cm³/mol. The van der Waals surface area contributed by atoms with Crippen molar-refractivity contribution >= 4 is 27.8 Å². The fourth-order valence-electron chi connectivity index (χ4n) is 2.05. The Kier molecular flexibility index (Phi) is 6.10. The predicted octanol–water partition coefficient (Wildman–Crippen LogP) is 3.35. The van der Waals surface area contributed by atoms with Crippen molar-refractivity contribution in [2.45, 2.75) is 13.0 Å². The number of carbonyl (C=O) groups excluding carboxylic acids is 2. The third-order valence-electron chi connectivity index (χ3n) is 3.31. The molecule has 1 amide bonds. The number of hydrogen-bond donors (Lipinski definition) is 1. The molecule has 24 heavy (non-hydrogen) atoms. The van der Waals surface area contributed by atoms with E-state index < -0.39 is 11.9 Å². The molecule has 1 N–H and O–H groups in total. The van der Waals surface area contributed by atoms with Crippen molar-refractivity contribution in [2.24, 2.45) is 0 Å². The summed E-state index contributed by atoms with van der Waals surface area (Å²) in [6, 6.07) is 15.4. The van der Waals surface area contributed by atoms with Crippen LogP contribution in [0.5, 0.6) is 0 Å². The highest BCUT2D eigenvalue weighted by Crippen LogP contribution is 2.16. The molecule has 0 fully saturated rings. The van der Waals surface area contributed by atoms with Gasteiger partial charge in [-0.05, 0) is 42.8 Å². The smallest absolute Gasteiger partial charge is 0.338 e. The summed E-state index contributed by atoms with van der Waals surface area (Å²) in [5.41, 5.74) is 1.54. The number of halogens is 1. The average molecular weight is 387 g/mol. The molecule has 5 nitrogen and oxygen atoms in total. The lowest BCUT2D eigenvalue weighted by Crippen LogP contribution is -2.31. The van der Waals surface area contributed by atoms with Gasteiger partial charge < -0.3 is 10.1 Å². The number of rotatable bonds is 5. The summed E-state index contributed by atoms with van der Waals surface area (Å²) >= 11 is 3.35. The van der Waals surface area contributed by atoms with Crippen molar-refractivity contribution in [3.63, 3.8) is 0 Å². The van der Waals surface area contributed by atoms with Gasteiger partial charge in [-0.2, -0.15) is 5.26 Å². The second-order valence-electron chi connectivity index (χ2n) is 5.11. The van der Waals surface area contributed by atoms with Crippen molar-refractivity contribution in [1.29, 1.82) is 5.26 Å². The lowest BCUT2D eigenvalue weighted by molar-refractivity contribution is -0.124. The maximum Gasteiger partial charge on any atom is 0.338 e. The summed E-state index contributed by atoms with van der Waals surface area (Å²) in [5, 5.41) is 11.6. The summed E-state index contributed by atoms with van der Waals surface area (Å²) < 4.78 is 5.93. The zero-order chi connectivity index (χ0) is 17.5. The van der Waals surface area contributed by atoms with Crippen molar-refractivity contribution in [1.82, 2.24) is 5.32 Å². The van der Waals surface area contributed by atoms with Crippen LogP contribution in [-0.4, -0.2) is 18.5 Å². The van der Waals surface area contributed by atoms with E-state index in [0.717, 1.165) is 10.0 Å². The molecule has 0 saturated carbocycles. The fraction of sp³-hybridized carbons (Fsp3) is 0.167. The Labute approximate surface area is 148 Å². The van der Waals surface area contributed by atoms with Crippen molar-refractivity contribution in [3.8, 4) is 6.07 Å². The largest absolute Gasteiger partial charge is 0.452 e. The highest BCUT2D eigenvalue weighted by Gasteiger charge is 2.13. The van der Waals surface area contributed by atoms with E-state index in [0.29, 0.717) is 5.56 Å². The van der Waals surface area contributed by atoms with Crippen LogP contribution < -0.4 is 5.32 Å². The van der Waals surface area contributed by atoms with Crippen LogP contribution in [0.2, 0.25) is 0 Å². The number of nitrogens with one attached hydrogen (secondary N) is 1. The molecule has 0 radical (unpaired) electrons. The molecule has 0 aromatic heterocycles. The van der Waals surface area contributed by atoms with E-state index in [1.807, 2.05) is 37.3 Å². The molecule has 0 saturated heterocycles. The van der Waals surface area contributed by atoms with Gasteiger partial charge in [-0.15, -0.1) is 0 Å². The van der Waals surface area contributed by atoms with Crippen molar-refractivity contribution in [3.05, 3.63) is 69.7 Å². The summed E-state index contributed by atoms with van der Waals surface area (Å²) in [4.78, 5) is 23.8. The molecule has 0 unspecified atom stereocenters. The molecule has 0 heterocycles. The second-order valence-corrected chi connectivity index (χ2v) is 6.03. The van der Waals surface area contributed by atoms with Crippen LogP contribution in [0.1, 0.15) is 34.5 Å². The number of amides is 1. The van der Waals surface area contributed by atoms with E-state index in [1.165, 1.54) is 12.1 Å². The van der Waals surface area contributed by atoms with Crippen LogP contribution in [-0.2, 0) is 9.53 Å². The number of benzene rings is 2. The van der Waals surface area contributed by atoms with Gasteiger partial charge in [0.2, 0.25) is 0 Å². The van der Waals surface area contributed by atoms with Gasteiger partial charge in [-0.25, -0.2) is 4.79 Å². The highest BCUT2D eigenvalue weighted by atomic mass is 79.9. The van der Waals surface area contributed by atoms with Gasteiger partial charge in [0.1, 0.15) is 0 Å². The molecule has 6 heteroatoms. The van der Waals surface area contributed by atoms with E-state index >= 15 is 0 Å². The maximum absolute atomic E-state index is 11.9. The highest BCUT2D eigenvalue weighted by molar-refractivity contribution is 9.10. The van der Waals surface area contributed by atoms with E-state index in [-0.39, 0.29) is 18.2 Å². The Bertz CT molecular complexity index is 782. The molecule has 1 atom stereocenters. The first kappa shape index (κ1) is 17.7. The Morgan fingerprint density at radius 1 is 1.25 bits per heavy atom. The summed E-state index contributed by atoms with van der Waals surface area (Å²) in [5.74, 6) is -1.03. The minimum atomic E-state index is -0.640. The number of esters is 1. The van der Waals surface area contributed by atoms with E-state index in [2.05, 4.69) is 21.2 Å². The summed E-state index contributed by atoms with van der Waals surface area (Å²) in [7, 11) is 0. The molecule has 122 valence electrons. The lowest BCUT2D eigenvalue weighted by atomic mass is 10.1. The van der Waals surface area contributed by atoms with Crippen LogP contribution in [0, 0.1) is 11.3 Å². The normalized spacial score (nSPS) is 11.2. The van der Waals surface area contributed by atoms with Crippen LogP contribution in [0.25, 0.3) is 0 Å². The van der Waals surface area contributed by atoms with Gasteiger partial charge in [-0.1, -0.05) is 34.1 Å². The fourth-order valence-corrected chi connectivity index (χ4v) is 2.31. The van der Waals surface area contributed by atoms with Gasteiger partial charge in [0.05, 0.1) is 23.2 Å². The van der Waals surface area contributed by atoms with Gasteiger partial charge >= 0.3 is 5.97 Å². The lowest BCUT2D eigenvalue weighted by Gasteiger charge is -2.14. The molecular formula is C18H15BrN2O3. The average Bonchev–Trinajstić information content (AvgIpc) is 2.60. The second kappa shape index (κ2) is 8.27. The molecule has 0 bridgehead atoms. The Morgan fingerprint density at radius 2 is 1.96 bits per heavy atom. The number of carbonyl (C=O) groups is 2. The zero-order valence-corrected chi connectivity index (χ0v) is 14.5. The number of nitriles is 1. The van der Waals surface area contributed by atoms with Crippen LogP contribution >= 0.6 is 15.9 Å². The van der Waals surface area contributed by atoms with Gasteiger partial charge in [0.15, 0.2) is 6.61 Å². The van der Waals surface area contributed by atoms with Crippen molar-refractivity contribution < 1.29 is 14.3 Å². The Morgan fingerprint density at radius 3 is 2.62 bits per heavy atom. The van der Waals surface area contributed by atoms with Gasteiger partial charge in [-0.3, -0.25) is 4.79 Å². The number of ether oxygens (including phenoxy) is 1. The maximum atomic E-state index is 11.9. The van der Waals surface area contributed by atoms with Crippen LogP contribution in [0.4, 0.5) is 0 Å². The molecular weight excluding hydrogens is 372 g/mol. The van der Waals surface area contributed by atoms with Gasteiger partial charge in [0, 0.05) is 4.47 Å². The van der Waals surface area contributed by atoms with Gasteiger partial charge in [0.25, 0.3) is 5.91 Å². The Balaban J connectivity index is 1.87. The molecule has 0 aliphatic carbocycles. The Hall–Kier alpha value is -2.65. The van der Waals surface area contributed by atoms with Crippen LogP contribution in [0.15, 0.2) is 53.0 Å². The molecule has 0 spiro atoms. The number of nitrogens with zero attached hydrogens (tertiary/aromatic N) is 1. The van der Waals surface area contributed by atoms with E-state index in [1.54, 1.807) is 12.1 Å². The first-order valence-corrected chi connectivity index (χ1v) is 8.01. The number of hydrogen-bond acceptors (Lipinski definition) is 4. The molecule has 0 aliphatic rings. The van der Waals surface area contributed by atoms with Crippen molar-refractivity contribution in [2.75, 3.05) is 6.61 Å². The van der Waals surface area contributed by atoms with Crippen LogP contribution in [0.3, 0.4) is 0 Å². The first-order valence-electron chi connectivity index (χ1n) is 7.21. The zero-order valence-electron chi connectivity index (χ0n) is 13.0. The van der Waals surface area contributed by atoms with E-state index in [9.17, 15) is 9.59 Å². The standard InChI is InChI=1S/C18H15BrN2O3/c1-12(14-5-7-16(19)8-6-14)21-17(22)11-24-18(23)15-4-2-3-13(9-15)10-20/h2-9,12H,11H2,1H3,(H,21,22)/t12-/m1/s1. The molecule has 0 aliphatic heterocycles. The monoisotopic (exact) mass is 386 g/mol. The summed E-state index contributed by atoms with van der Waals surface area (Å²) in [6.45, 7) is 1.47. The first-order chi connectivity index (χ1) is 11.5. The minimum absolute atomic E-state index is 0.203. The minimum Gasteiger partial charge on any atom is -0.452 e. The topological polar surface area (TPSA) is 79.2 Å².